The van der Waals surface area contributed by atoms with Gasteiger partial charge in [0.15, 0.2) is 5.76 Å². The van der Waals surface area contributed by atoms with E-state index in [0.717, 1.165) is 12.1 Å². The largest absolute Gasteiger partial charge is 0.395 e. The van der Waals surface area contributed by atoms with Crippen molar-refractivity contribution >= 4 is 15.9 Å². The number of sulfonamides is 1. The van der Waals surface area contributed by atoms with E-state index in [1.54, 1.807) is 6.07 Å². The van der Waals surface area contributed by atoms with Crippen molar-refractivity contribution in [3.8, 4) is 0 Å². The van der Waals surface area contributed by atoms with E-state index in [-0.39, 0.29) is 30.5 Å². The average molecular weight is 353 g/mol. The molecular formula is C15H19N3O5S. The highest BCUT2D eigenvalue weighted by Gasteiger charge is 2.14. The standard InChI is InChI=1S/C15H19N3O5S/c1-2-12-9-13(23-18-12)10-16-15(20)11-3-5-14(6-4-11)24(21,22)17-7-8-19/h3-6,9,17,19H,2,7-8,10H2,1H3,(H,16,20). The molecule has 0 aliphatic rings. The maximum absolute atomic E-state index is 12.1. The van der Waals surface area contributed by atoms with E-state index >= 15 is 0 Å². The number of hydrogen-bond donors (Lipinski definition) is 3. The predicted octanol–water partition coefficient (Wildman–Crippen LogP) is 0.438. The topological polar surface area (TPSA) is 122 Å². The fourth-order valence-corrected chi connectivity index (χ4v) is 2.95. The maximum Gasteiger partial charge on any atom is 0.251 e. The minimum Gasteiger partial charge on any atom is -0.395 e. The Labute approximate surface area is 139 Å². The second-order valence-corrected chi connectivity index (χ2v) is 6.73. The lowest BCUT2D eigenvalue weighted by molar-refractivity contribution is 0.0947. The van der Waals surface area contributed by atoms with Gasteiger partial charge in [-0.3, -0.25) is 4.79 Å². The van der Waals surface area contributed by atoms with Gasteiger partial charge in [-0.1, -0.05) is 12.1 Å². The van der Waals surface area contributed by atoms with Crippen molar-refractivity contribution in [1.29, 1.82) is 0 Å². The number of aromatic nitrogens is 1. The first-order valence-electron chi connectivity index (χ1n) is 7.39. The molecule has 0 bridgehead atoms. The first-order chi connectivity index (χ1) is 11.5. The molecule has 0 aliphatic carbocycles. The van der Waals surface area contributed by atoms with Gasteiger partial charge in [0.2, 0.25) is 10.0 Å². The molecule has 0 radical (unpaired) electrons. The second-order valence-electron chi connectivity index (χ2n) is 4.97. The van der Waals surface area contributed by atoms with Crippen LogP contribution in [0, 0.1) is 0 Å². The summed E-state index contributed by atoms with van der Waals surface area (Å²) in [7, 11) is -3.69. The fourth-order valence-electron chi connectivity index (χ4n) is 1.92. The molecule has 0 unspecified atom stereocenters. The normalized spacial score (nSPS) is 11.4. The Bertz CT molecular complexity index is 784. The lowest BCUT2D eigenvalue weighted by Gasteiger charge is -2.07. The van der Waals surface area contributed by atoms with Crippen LogP contribution in [-0.4, -0.2) is 37.7 Å². The molecule has 1 amide bonds. The van der Waals surface area contributed by atoms with Crippen LogP contribution in [0.3, 0.4) is 0 Å². The van der Waals surface area contributed by atoms with Crippen molar-refractivity contribution in [3.05, 3.63) is 47.3 Å². The molecule has 24 heavy (non-hydrogen) atoms. The number of carbonyl (C=O) groups is 1. The minimum absolute atomic E-state index is 0.0234. The Balaban J connectivity index is 1.98. The highest BCUT2D eigenvalue weighted by Crippen LogP contribution is 2.11. The summed E-state index contributed by atoms with van der Waals surface area (Å²) in [5.74, 6) is 0.198. The van der Waals surface area contributed by atoms with Gasteiger partial charge in [-0.05, 0) is 30.7 Å². The molecule has 3 N–H and O–H groups in total. The second kappa shape index (κ2) is 8.04. The van der Waals surface area contributed by atoms with Crippen molar-refractivity contribution in [2.45, 2.75) is 24.8 Å². The maximum atomic E-state index is 12.1. The predicted molar refractivity (Wildman–Crippen MR) is 85.8 cm³/mol. The lowest BCUT2D eigenvalue weighted by atomic mass is 10.2. The summed E-state index contributed by atoms with van der Waals surface area (Å²) in [6, 6.07) is 7.26. The molecule has 0 spiro atoms. The Kier molecular flexibility index (Phi) is 6.07. The third kappa shape index (κ3) is 4.63. The van der Waals surface area contributed by atoms with Crippen molar-refractivity contribution < 1.29 is 22.8 Å². The van der Waals surface area contributed by atoms with Gasteiger partial charge in [-0.15, -0.1) is 0 Å². The quantitative estimate of drug-likeness (QED) is 0.633. The molecule has 2 aromatic rings. The zero-order valence-electron chi connectivity index (χ0n) is 13.2. The van der Waals surface area contributed by atoms with Crippen LogP contribution in [0.15, 0.2) is 39.8 Å². The summed E-state index contributed by atoms with van der Waals surface area (Å²) >= 11 is 0. The zero-order chi connectivity index (χ0) is 17.6. The van der Waals surface area contributed by atoms with E-state index in [2.05, 4.69) is 15.2 Å². The third-order valence-corrected chi connectivity index (χ3v) is 4.70. The van der Waals surface area contributed by atoms with Crippen molar-refractivity contribution in [2.24, 2.45) is 0 Å². The number of aliphatic hydroxyl groups excluding tert-OH is 1. The van der Waals surface area contributed by atoms with Crippen molar-refractivity contribution in [3.63, 3.8) is 0 Å². The first-order valence-corrected chi connectivity index (χ1v) is 8.88. The van der Waals surface area contributed by atoms with E-state index in [9.17, 15) is 13.2 Å². The number of carbonyl (C=O) groups excluding carboxylic acids is 1. The molecule has 130 valence electrons. The minimum atomic E-state index is -3.69. The van der Waals surface area contributed by atoms with Gasteiger partial charge >= 0.3 is 0 Å². The van der Waals surface area contributed by atoms with Gasteiger partial charge in [-0.25, -0.2) is 13.1 Å². The van der Waals surface area contributed by atoms with Crippen LogP contribution in [-0.2, 0) is 23.0 Å². The molecule has 1 aromatic carbocycles. The fraction of sp³-hybridized carbons (Fsp3) is 0.333. The van der Waals surface area contributed by atoms with Crippen molar-refractivity contribution in [2.75, 3.05) is 13.2 Å². The molecule has 1 aromatic heterocycles. The summed E-state index contributed by atoms with van der Waals surface area (Å²) in [5.41, 5.74) is 1.13. The van der Waals surface area contributed by atoms with Gasteiger partial charge < -0.3 is 14.9 Å². The van der Waals surface area contributed by atoms with E-state index in [1.807, 2.05) is 6.92 Å². The van der Waals surface area contributed by atoms with E-state index in [4.69, 9.17) is 9.63 Å². The molecule has 2 rings (SSSR count). The number of nitrogens with one attached hydrogen (secondary N) is 2. The SMILES string of the molecule is CCc1cc(CNC(=O)c2ccc(S(=O)(=O)NCCO)cc2)on1. The van der Waals surface area contributed by atoms with E-state index < -0.39 is 10.0 Å². The van der Waals surface area contributed by atoms with Gasteiger partial charge in [0.05, 0.1) is 23.7 Å². The van der Waals surface area contributed by atoms with E-state index in [0.29, 0.717) is 11.3 Å². The van der Waals surface area contributed by atoms with E-state index in [1.165, 1.54) is 24.3 Å². The molecule has 0 fully saturated rings. The number of amides is 1. The van der Waals surface area contributed by atoms with Crippen LogP contribution < -0.4 is 10.0 Å². The Morgan fingerprint density at radius 1 is 1.29 bits per heavy atom. The molecule has 0 aliphatic heterocycles. The van der Waals surface area contributed by atoms with Gasteiger partial charge in [-0.2, -0.15) is 0 Å². The van der Waals surface area contributed by atoms with Gasteiger partial charge in [0.25, 0.3) is 5.91 Å². The molecule has 9 heteroatoms. The average Bonchev–Trinajstić information content (AvgIpc) is 3.06. The van der Waals surface area contributed by atoms with Crippen LogP contribution in [0.5, 0.6) is 0 Å². The zero-order valence-corrected chi connectivity index (χ0v) is 14.0. The van der Waals surface area contributed by atoms with Crippen LogP contribution >= 0.6 is 0 Å². The number of aryl methyl sites for hydroxylation is 1. The summed E-state index contributed by atoms with van der Waals surface area (Å²) in [4.78, 5) is 12.1. The Morgan fingerprint density at radius 2 is 2.00 bits per heavy atom. The summed E-state index contributed by atoms with van der Waals surface area (Å²) in [6.07, 6.45) is 0.748. The van der Waals surface area contributed by atoms with Crippen LogP contribution in [0.2, 0.25) is 0 Å². The lowest BCUT2D eigenvalue weighted by Crippen LogP contribution is -2.27. The first kappa shape index (κ1) is 18.1. The number of rotatable bonds is 8. The Morgan fingerprint density at radius 3 is 2.58 bits per heavy atom. The number of aliphatic hydroxyl groups is 1. The molecule has 0 saturated carbocycles. The third-order valence-electron chi connectivity index (χ3n) is 3.22. The smallest absolute Gasteiger partial charge is 0.251 e. The van der Waals surface area contributed by atoms with Crippen molar-refractivity contribution in [1.82, 2.24) is 15.2 Å². The highest BCUT2D eigenvalue weighted by atomic mass is 32.2. The number of benzene rings is 1. The van der Waals surface area contributed by atoms with Gasteiger partial charge in [0.1, 0.15) is 0 Å². The van der Waals surface area contributed by atoms with Gasteiger partial charge in [0, 0.05) is 18.2 Å². The summed E-state index contributed by atoms with van der Waals surface area (Å²) < 4.78 is 31.0. The van der Waals surface area contributed by atoms with Crippen LogP contribution in [0.4, 0.5) is 0 Å². The molecule has 0 atom stereocenters. The molecule has 1 heterocycles. The molecular weight excluding hydrogens is 334 g/mol. The monoisotopic (exact) mass is 353 g/mol. The summed E-state index contributed by atoms with van der Waals surface area (Å²) in [6.45, 7) is 1.79. The number of nitrogens with zero attached hydrogens (tertiary/aromatic N) is 1. The van der Waals surface area contributed by atoms with Crippen LogP contribution in [0.1, 0.15) is 28.7 Å². The number of hydrogen-bond acceptors (Lipinski definition) is 6. The highest BCUT2D eigenvalue weighted by molar-refractivity contribution is 7.89. The molecule has 8 nitrogen and oxygen atoms in total. The van der Waals surface area contributed by atoms with Crippen LogP contribution in [0.25, 0.3) is 0 Å². The summed E-state index contributed by atoms with van der Waals surface area (Å²) in [5, 5.41) is 15.2. The molecule has 0 saturated heterocycles. The Hall–Kier alpha value is -2.23.